The summed E-state index contributed by atoms with van der Waals surface area (Å²) in [6.07, 6.45) is 3.57. The molecule has 6 nitrogen and oxygen atoms in total. The third-order valence-electron chi connectivity index (χ3n) is 3.24. The zero-order valence-electron chi connectivity index (χ0n) is 10.4. The van der Waals surface area contributed by atoms with Gasteiger partial charge in [-0.2, -0.15) is 9.57 Å². The topological polar surface area (TPSA) is 94.3 Å². The Hall–Kier alpha value is -1.49. The van der Waals surface area contributed by atoms with Gasteiger partial charge in [-0.05, 0) is 25.0 Å². The van der Waals surface area contributed by atoms with Crippen LogP contribution in [0.15, 0.2) is 23.2 Å². The van der Waals surface area contributed by atoms with Crippen molar-refractivity contribution in [2.45, 2.75) is 30.2 Å². The number of aliphatic hydroxyl groups excluding tert-OH is 1. The highest BCUT2D eigenvalue weighted by molar-refractivity contribution is 7.89. The first kappa shape index (κ1) is 13.9. The molecule has 2 heterocycles. The van der Waals surface area contributed by atoms with Crippen molar-refractivity contribution < 1.29 is 13.5 Å². The molecule has 0 bridgehead atoms. The third-order valence-corrected chi connectivity index (χ3v) is 5.18. The first-order valence-corrected chi connectivity index (χ1v) is 7.52. The molecule has 0 spiro atoms. The van der Waals surface area contributed by atoms with E-state index in [9.17, 15) is 13.5 Å². The summed E-state index contributed by atoms with van der Waals surface area (Å²) >= 11 is 0. The van der Waals surface area contributed by atoms with Gasteiger partial charge in [0.2, 0.25) is 10.0 Å². The average molecular weight is 281 g/mol. The Balaban J connectivity index is 2.32. The first-order chi connectivity index (χ1) is 9.09. The van der Waals surface area contributed by atoms with E-state index >= 15 is 0 Å². The smallest absolute Gasteiger partial charge is 0.244 e. The predicted molar refractivity (Wildman–Crippen MR) is 67.6 cm³/mol. The van der Waals surface area contributed by atoms with E-state index < -0.39 is 10.0 Å². The lowest BCUT2D eigenvalue weighted by Gasteiger charge is -2.33. The zero-order chi connectivity index (χ0) is 13.9. The summed E-state index contributed by atoms with van der Waals surface area (Å²) in [6.45, 7) is 0.233. The summed E-state index contributed by atoms with van der Waals surface area (Å²) in [7, 11) is -3.65. The molecule has 0 saturated carbocycles. The molecule has 0 amide bonds. The van der Waals surface area contributed by atoms with Crippen LogP contribution in [-0.4, -0.2) is 42.0 Å². The minimum Gasteiger partial charge on any atom is -0.395 e. The molecule has 102 valence electrons. The van der Waals surface area contributed by atoms with E-state index in [0.717, 1.165) is 12.8 Å². The molecule has 1 aromatic heterocycles. The van der Waals surface area contributed by atoms with Crippen molar-refractivity contribution in [1.82, 2.24) is 9.29 Å². The molecule has 19 heavy (non-hydrogen) atoms. The van der Waals surface area contributed by atoms with Gasteiger partial charge in [0, 0.05) is 18.8 Å². The number of pyridine rings is 1. The van der Waals surface area contributed by atoms with Gasteiger partial charge in [-0.25, -0.2) is 13.4 Å². The number of hydrogen-bond donors (Lipinski definition) is 1. The van der Waals surface area contributed by atoms with Crippen LogP contribution in [0.4, 0.5) is 0 Å². The second-order valence-corrected chi connectivity index (χ2v) is 6.33. The van der Waals surface area contributed by atoms with Gasteiger partial charge >= 0.3 is 0 Å². The van der Waals surface area contributed by atoms with Crippen LogP contribution < -0.4 is 0 Å². The minimum absolute atomic E-state index is 0.0619. The third kappa shape index (κ3) is 2.76. The maximum atomic E-state index is 12.4. The van der Waals surface area contributed by atoms with Crippen LogP contribution in [-0.2, 0) is 10.0 Å². The predicted octanol–water partition coefficient (Wildman–Crippen LogP) is 0.489. The van der Waals surface area contributed by atoms with E-state index in [2.05, 4.69) is 4.98 Å². The summed E-state index contributed by atoms with van der Waals surface area (Å²) < 4.78 is 26.2. The molecule has 0 aliphatic carbocycles. The van der Waals surface area contributed by atoms with Crippen LogP contribution in [0.25, 0.3) is 0 Å². The number of nitrogens with zero attached hydrogens (tertiary/aromatic N) is 3. The van der Waals surface area contributed by atoms with E-state index in [0.29, 0.717) is 13.0 Å². The lowest BCUT2D eigenvalue weighted by Crippen LogP contribution is -2.45. The van der Waals surface area contributed by atoms with Gasteiger partial charge in [-0.1, -0.05) is 6.42 Å². The second-order valence-electron chi connectivity index (χ2n) is 4.44. The summed E-state index contributed by atoms with van der Waals surface area (Å²) in [6, 6.07) is 4.24. The second kappa shape index (κ2) is 5.65. The summed E-state index contributed by atoms with van der Waals surface area (Å²) in [4.78, 5) is 3.84. The van der Waals surface area contributed by atoms with Crippen LogP contribution in [0, 0.1) is 11.3 Å². The molecule has 1 aromatic rings. The molecule has 1 unspecified atom stereocenters. The normalized spacial score (nSPS) is 20.9. The Kier molecular flexibility index (Phi) is 4.14. The van der Waals surface area contributed by atoms with Crippen molar-refractivity contribution >= 4 is 10.0 Å². The van der Waals surface area contributed by atoms with Crippen molar-refractivity contribution in [3.63, 3.8) is 0 Å². The van der Waals surface area contributed by atoms with Crippen molar-refractivity contribution in [1.29, 1.82) is 5.26 Å². The van der Waals surface area contributed by atoms with Gasteiger partial charge in [0.15, 0.2) is 0 Å². The summed E-state index contributed by atoms with van der Waals surface area (Å²) in [5, 5.41) is 17.9. The number of rotatable bonds is 3. The minimum atomic E-state index is -3.65. The molecular formula is C12H15N3O3S. The summed E-state index contributed by atoms with van der Waals surface area (Å²) in [5.74, 6) is 0. The number of piperidine rings is 1. The van der Waals surface area contributed by atoms with Gasteiger partial charge in [0.25, 0.3) is 0 Å². The maximum Gasteiger partial charge on any atom is 0.244 e. The fourth-order valence-electron chi connectivity index (χ4n) is 2.21. The van der Waals surface area contributed by atoms with Crippen molar-refractivity contribution in [3.8, 4) is 6.07 Å². The molecular weight excluding hydrogens is 266 g/mol. The fraction of sp³-hybridized carbons (Fsp3) is 0.500. The molecule has 1 saturated heterocycles. The van der Waals surface area contributed by atoms with Crippen LogP contribution in [0.3, 0.4) is 0 Å². The van der Waals surface area contributed by atoms with Crippen molar-refractivity contribution in [2.24, 2.45) is 0 Å². The first-order valence-electron chi connectivity index (χ1n) is 6.08. The van der Waals surface area contributed by atoms with E-state index in [4.69, 9.17) is 5.26 Å². The standard InChI is InChI=1S/C12H15N3O3S/c13-7-10-4-5-12(8-14-10)19(17,18)15-6-2-1-3-11(15)9-16/h4-5,8,11,16H,1-3,6,9H2. The van der Waals surface area contributed by atoms with Gasteiger partial charge in [-0.3, -0.25) is 0 Å². The molecule has 1 aliphatic rings. The fourth-order valence-corrected chi connectivity index (χ4v) is 3.84. The lowest BCUT2D eigenvalue weighted by molar-refractivity contribution is 0.155. The molecule has 1 aliphatic heterocycles. The average Bonchev–Trinajstić information content (AvgIpc) is 2.47. The summed E-state index contributed by atoms with van der Waals surface area (Å²) in [5.41, 5.74) is 0.177. The Labute approximate surface area is 112 Å². The van der Waals surface area contributed by atoms with Crippen LogP contribution in [0.1, 0.15) is 25.0 Å². The van der Waals surface area contributed by atoms with Crippen molar-refractivity contribution in [2.75, 3.05) is 13.2 Å². The maximum absolute atomic E-state index is 12.4. The molecule has 7 heteroatoms. The molecule has 1 fully saturated rings. The monoisotopic (exact) mass is 281 g/mol. The van der Waals surface area contributed by atoms with Crippen molar-refractivity contribution in [3.05, 3.63) is 24.0 Å². The quantitative estimate of drug-likeness (QED) is 0.870. The number of aliphatic hydroxyl groups is 1. The molecule has 1 N–H and O–H groups in total. The Morgan fingerprint density at radius 3 is 2.84 bits per heavy atom. The molecule has 0 aromatic carbocycles. The van der Waals surface area contributed by atoms with Crippen LogP contribution >= 0.6 is 0 Å². The Morgan fingerprint density at radius 2 is 2.26 bits per heavy atom. The SMILES string of the molecule is N#Cc1ccc(S(=O)(=O)N2CCCCC2CO)cn1. The van der Waals surface area contributed by atoms with E-state index in [1.807, 2.05) is 6.07 Å². The Bertz CT molecular complexity index is 577. The number of hydrogen-bond acceptors (Lipinski definition) is 5. The van der Waals surface area contributed by atoms with Crippen LogP contribution in [0.2, 0.25) is 0 Å². The van der Waals surface area contributed by atoms with E-state index in [-0.39, 0.29) is 23.2 Å². The van der Waals surface area contributed by atoms with Gasteiger partial charge < -0.3 is 5.11 Å². The van der Waals surface area contributed by atoms with E-state index in [1.54, 1.807) is 0 Å². The highest BCUT2D eigenvalue weighted by Crippen LogP contribution is 2.24. The number of nitriles is 1. The van der Waals surface area contributed by atoms with Gasteiger partial charge in [0.05, 0.1) is 6.61 Å². The Morgan fingerprint density at radius 1 is 1.47 bits per heavy atom. The highest BCUT2D eigenvalue weighted by Gasteiger charge is 2.33. The lowest BCUT2D eigenvalue weighted by atomic mass is 10.1. The number of aromatic nitrogens is 1. The molecule has 1 atom stereocenters. The van der Waals surface area contributed by atoms with Crippen LogP contribution in [0.5, 0.6) is 0 Å². The van der Waals surface area contributed by atoms with Gasteiger partial charge in [0.1, 0.15) is 16.7 Å². The largest absolute Gasteiger partial charge is 0.395 e. The number of sulfonamides is 1. The molecule has 2 rings (SSSR count). The highest BCUT2D eigenvalue weighted by atomic mass is 32.2. The molecule has 0 radical (unpaired) electrons. The van der Waals surface area contributed by atoms with Gasteiger partial charge in [-0.15, -0.1) is 0 Å². The zero-order valence-corrected chi connectivity index (χ0v) is 11.2. The van der Waals surface area contributed by atoms with E-state index in [1.165, 1.54) is 22.6 Å².